The number of benzene rings is 1. The van der Waals surface area contributed by atoms with Crippen molar-refractivity contribution >= 4 is 0 Å². The number of nitriles is 1. The first-order valence-corrected chi connectivity index (χ1v) is 3.87. The summed E-state index contributed by atoms with van der Waals surface area (Å²) in [6, 6.07) is 6.49. The molecule has 0 N–H and O–H groups in total. The summed E-state index contributed by atoms with van der Waals surface area (Å²) in [6.07, 6.45) is -0.820. The number of ether oxygens (including phenoxy) is 1. The first-order valence-electron chi connectivity index (χ1n) is 3.87. The van der Waals surface area contributed by atoms with Gasteiger partial charge >= 0.3 is 0 Å². The van der Waals surface area contributed by atoms with Gasteiger partial charge in [0.1, 0.15) is 5.82 Å². The Morgan fingerprint density at radius 3 is 2.77 bits per heavy atom. The van der Waals surface area contributed by atoms with Crippen LogP contribution in [0, 0.1) is 24.1 Å². The third-order valence-electron chi connectivity index (χ3n) is 1.79. The molecule has 0 radical (unpaired) electrons. The van der Waals surface area contributed by atoms with Crippen LogP contribution in [0.2, 0.25) is 0 Å². The van der Waals surface area contributed by atoms with Gasteiger partial charge in [-0.25, -0.2) is 4.39 Å². The molecule has 0 amide bonds. The molecule has 13 heavy (non-hydrogen) atoms. The molecule has 2 nitrogen and oxygen atoms in total. The van der Waals surface area contributed by atoms with Crippen molar-refractivity contribution in [1.82, 2.24) is 0 Å². The molecule has 0 bridgehead atoms. The monoisotopic (exact) mass is 179 g/mol. The second-order valence-electron chi connectivity index (χ2n) is 2.77. The van der Waals surface area contributed by atoms with Crippen molar-refractivity contribution in [3.05, 3.63) is 35.1 Å². The molecule has 0 spiro atoms. The molecule has 0 aliphatic heterocycles. The fourth-order valence-electron chi connectivity index (χ4n) is 1.11. The van der Waals surface area contributed by atoms with Crippen LogP contribution in [0.5, 0.6) is 0 Å². The highest BCUT2D eigenvalue weighted by Crippen LogP contribution is 2.20. The number of rotatable bonds is 2. The van der Waals surface area contributed by atoms with Crippen molar-refractivity contribution in [1.29, 1.82) is 5.26 Å². The van der Waals surface area contributed by atoms with Crippen molar-refractivity contribution in [2.75, 3.05) is 7.11 Å². The minimum atomic E-state index is -0.820. The molecule has 0 saturated carbocycles. The number of methoxy groups -OCH3 is 1. The van der Waals surface area contributed by atoms with E-state index >= 15 is 0 Å². The number of nitrogens with zero attached hydrogens (tertiary/aromatic N) is 1. The molecule has 0 saturated heterocycles. The highest BCUT2D eigenvalue weighted by Gasteiger charge is 2.13. The van der Waals surface area contributed by atoms with E-state index in [1.807, 2.05) is 13.0 Å². The van der Waals surface area contributed by atoms with Crippen LogP contribution in [0.25, 0.3) is 0 Å². The quantitative estimate of drug-likeness (QED) is 0.698. The Morgan fingerprint density at radius 2 is 2.23 bits per heavy atom. The van der Waals surface area contributed by atoms with Crippen LogP contribution in [0.4, 0.5) is 4.39 Å². The molecular weight excluding hydrogens is 169 g/mol. The second kappa shape index (κ2) is 4.01. The normalized spacial score (nSPS) is 12.2. The molecular formula is C10H10FNO. The van der Waals surface area contributed by atoms with Gasteiger partial charge < -0.3 is 4.74 Å². The smallest absolute Gasteiger partial charge is 0.171 e. The van der Waals surface area contributed by atoms with E-state index in [0.29, 0.717) is 5.56 Å². The van der Waals surface area contributed by atoms with Gasteiger partial charge in [-0.1, -0.05) is 11.6 Å². The van der Waals surface area contributed by atoms with Gasteiger partial charge in [0.2, 0.25) is 0 Å². The predicted octanol–water partition coefficient (Wildman–Crippen LogP) is 2.35. The third-order valence-corrected chi connectivity index (χ3v) is 1.79. The van der Waals surface area contributed by atoms with E-state index in [9.17, 15) is 4.39 Å². The molecule has 68 valence electrons. The molecule has 0 aliphatic rings. The van der Waals surface area contributed by atoms with E-state index < -0.39 is 11.9 Å². The molecule has 0 aliphatic carbocycles. The van der Waals surface area contributed by atoms with Crippen LogP contribution < -0.4 is 0 Å². The maximum absolute atomic E-state index is 13.2. The first-order chi connectivity index (χ1) is 6.19. The van der Waals surface area contributed by atoms with Gasteiger partial charge in [0.25, 0.3) is 0 Å². The van der Waals surface area contributed by atoms with Gasteiger partial charge in [-0.3, -0.25) is 0 Å². The van der Waals surface area contributed by atoms with Crippen molar-refractivity contribution in [2.45, 2.75) is 13.0 Å². The summed E-state index contributed by atoms with van der Waals surface area (Å²) in [5.74, 6) is -0.404. The number of aryl methyl sites for hydroxylation is 1. The van der Waals surface area contributed by atoms with Crippen molar-refractivity contribution in [2.24, 2.45) is 0 Å². The van der Waals surface area contributed by atoms with E-state index in [1.165, 1.54) is 13.2 Å². The number of hydrogen-bond acceptors (Lipinski definition) is 2. The summed E-state index contributed by atoms with van der Waals surface area (Å²) in [6.45, 7) is 1.84. The summed E-state index contributed by atoms with van der Waals surface area (Å²) >= 11 is 0. The molecule has 0 fully saturated rings. The van der Waals surface area contributed by atoms with Crippen molar-refractivity contribution < 1.29 is 9.13 Å². The fourth-order valence-corrected chi connectivity index (χ4v) is 1.11. The average Bonchev–Trinajstić information content (AvgIpc) is 2.13. The summed E-state index contributed by atoms with van der Waals surface area (Å²) in [5.41, 5.74) is 1.21. The minimum absolute atomic E-state index is 0.296. The van der Waals surface area contributed by atoms with Crippen molar-refractivity contribution in [3.8, 4) is 6.07 Å². The van der Waals surface area contributed by atoms with Crippen LogP contribution in [0.3, 0.4) is 0 Å². The zero-order valence-electron chi connectivity index (χ0n) is 7.54. The lowest BCUT2D eigenvalue weighted by molar-refractivity contribution is 0.145. The Bertz CT molecular complexity index is 343. The lowest BCUT2D eigenvalue weighted by atomic mass is 10.1. The molecule has 1 rings (SSSR count). The van der Waals surface area contributed by atoms with Crippen LogP contribution >= 0.6 is 0 Å². The summed E-state index contributed by atoms with van der Waals surface area (Å²) in [4.78, 5) is 0. The highest BCUT2D eigenvalue weighted by atomic mass is 19.1. The molecule has 1 atom stereocenters. The topological polar surface area (TPSA) is 33.0 Å². The van der Waals surface area contributed by atoms with Gasteiger partial charge in [0, 0.05) is 12.7 Å². The summed E-state index contributed by atoms with van der Waals surface area (Å²) in [7, 11) is 1.38. The Kier molecular flexibility index (Phi) is 2.99. The summed E-state index contributed by atoms with van der Waals surface area (Å²) in [5, 5.41) is 8.65. The van der Waals surface area contributed by atoms with Gasteiger partial charge in [-0.2, -0.15) is 5.26 Å². The fraction of sp³-hybridized carbons (Fsp3) is 0.300. The SMILES string of the molecule is COC(C#N)c1cc(C)ccc1F. The van der Waals surface area contributed by atoms with E-state index in [2.05, 4.69) is 0 Å². The molecule has 1 unspecified atom stereocenters. The first kappa shape index (κ1) is 9.69. The van der Waals surface area contributed by atoms with E-state index in [-0.39, 0.29) is 0 Å². The van der Waals surface area contributed by atoms with Gasteiger partial charge in [0.05, 0.1) is 6.07 Å². The van der Waals surface area contributed by atoms with Crippen LogP contribution in [0.1, 0.15) is 17.2 Å². The Hall–Kier alpha value is -1.40. The van der Waals surface area contributed by atoms with Gasteiger partial charge in [0.15, 0.2) is 6.10 Å². The molecule has 0 aromatic heterocycles. The zero-order chi connectivity index (χ0) is 9.84. The Labute approximate surface area is 76.6 Å². The highest BCUT2D eigenvalue weighted by molar-refractivity contribution is 5.28. The van der Waals surface area contributed by atoms with E-state index in [1.54, 1.807) is 12.1 Å². The van der Waals surface area contributed by atoms with Crippen LogP contribution in [-0.2, 0) is 4.74 Å². The Morgan fingerprint density at radius 1 is 1.54 bits per heavy atom. The summed E-state index contributed by atoms with van der Waals surface area (Å²) < 4.78 is 18.0. The van der Waals surface area contributed by atoms with Gasteiger partial charge in [-0.05, 0) is 19.1 Å². The Balaban J connectivity index is 3.13. The number of hydrogen-bond donors (Lipinski definition) is 0. The minimum Gasteiger partial charge on any atom is -0.362 e. The molecule has 3 heteroatoms. The third kappa shape index (κ3) is 2.04. The largest absolute Gasteiger partial charge is 0.362 e. The van der Waals surface area contributed by atoms with Crippen LogP contribution in [0.15, 0.2) is 18.2 Å². The zero-order valence-corrected chi connectivity index (χ0v) is 7.54. The average molecular weight is 179 g/mol. The van der Waals surface area contributed by atoms with E-state index in [0.717, 1.165) is 5.56 Å². The maximum Gasteiger partial charge on any atom is 0.171 e. The van der Waals surface area contributed by atoms with Crippen LogP contribution in [-0.4, -0.2) is 7.11 Å². The molecule has 0 heterocycles. The maximum atomic E-state index is 13.2. The lowest BCUT2D eigenvalue weighted by Crippen LogP contribution is -2.01. The molecule has 1 aromatic carbocycles. The lowest BCUT2D eigenvalue weighted by Gasteiger charge is -2.08. The van der Waals surface area contributed by atoms with Crippen molar-refractivity contribution in [3.63, 3.8) is 0 Å². The molecule has 1 aromatic rings. The van der Waals surface area contributed by atoms with Gasteiger partial charge in [-0.15, -0.1) is 0 Å². The second-order valence-corrected chi connectivity index (χ2v) is 2.77. The number of halogens is 1. The van der Waals surface area contributed by atoms with E-state index in [4.69, 9.17) is 10.00 Å². The standard InChI is InChI=1S/C10H10FNO/c1-7-3-4-9(11)8(5-7)10(6-12)13-2/h3-5,10H,1-2H3. The predicted molar refractivity (Wildman–Crippen MR) is 46.5 cm³/mol.